The van der Waals surface area contributed by atoms with Gasteiger partial charge in [-0.05, 0) is 61.1 Å². The molecule has 0 atom stereocenters. The first-order valence-electron chi connectivity index (χ1n) is 16.2. The third-order valence-corrected chi connectivity index (χ3v) is 9.43. The van der Waals surface area contributed by atoms with Gasteiger partial charge in [0.2, 0.25) is 0 Å². The summed E-state index contributed by atoms with van der Waals surface area (Å²) in [6.07, 6.45) is 8.12. The number of aromatic nitrogens is 4. The van der Waals surface area contributed by atoms with Gasteiger partial charge in [0, 0.05) is 60.6 Å². The Labute approximate surface area is 289 Å². The lowest BCUT2D eigenvalue weighted by Gasteiger charge is -2.42. The van der Waals surface area contributed by atoms with Crippen molar-refractivity contribution in [2.24, 2.45) is 5.73 Å². The Kier molecular flexibility index (Phi) is 11.6. The van der Waals surface area contributed by atoms with E-state index in [1.807, 2.05) is 5.32 Å². The molecule has 2 aromatic carbocycles. The van der Waals surface area contributed by atoms with Crippen LogP contribution in [0.25, 0.3) is 0 Å². The molecule has 2 saturated carbocycles. The van der Waals surface area contributed by atoms with Crippen LogP contribution in [-0.2, 0) is 28.5 Å². The fourth-order valence-electron chi connectivity index (χ4n) is 6.31. The highest BCUT2D eigenvalue weighted by Crippen LogP contribution is 2.47. The number of amides is 1. The molecule has 2 aliphatic rings. The summed E-state index contributed by atoms with van der Waals surface area (Å²) in [5.74, 6) is -3.83. The van der Waals surface area contributed by atoms with Crippen LogP contribution in [0.2, 0.25) is 0 Å². The average molecular weight is 713 g/mol. The molecule has 4 aromatic rings. The van der Waals surface area contributed by atoms with Crippen molar-refractivity contribution < 1.29 is 40.7 Å². The van der Waals surface area contributed by atoms with Gasteiger partial charge < -0.3 is 11.1 Å². The van der Waals surface area contributed by atoms with E-state index in [2.05, 4.69) is 19.9 Å². The molecule has 2 aliphatic carbocycles. The van der Waals surface area contributed by atoms with Crippen LogP contribution in [0.3, 0.4) is 0 Å². The van der Waals surface area contributed by atoms with Crippen molar-refractivity contribution in [3.63, 3.8) is 0 Å². The number of Topliss-reactive ketones (excluding diaryl/α,β-unsaturated/α-hetero) is 2. The van der Waals surface area contributed by atoms with E-state index in [9.17, 15) is 40.7 Å². The monoisotopic (exact) mass is 712 g/mol. The Balaban J connectivity index is 0.000000201. The predicted octanol–water partition coefficient (Wildman–Crippen LogP) is 5.54. The van der Waals surface area contributed by atoms with Crippen molar-refractivity contribution in [3.8, 4) is 0 Å². The molecule has 0 bridgehead atoms. The van der Waals surface area contributed by atoms with Gasteiger partial charge in [-0.25, -0.2) is 37.5 Å². The predicted molar refractivity (Wildman–Crippen MR) is 172 cm³/mol. The summed E-state index contributed by atoms with van der Waals surface area (Å²) in [5.41, 5.74) is 6.15. The van der Waals surface area contributed by atoms with Gasteiger partial charge in [0.05, 0.1) is 24.2 Å². The van der Waals surface area contributed by atoms with Crippen LogP contribution in [0.5, 0.6) is 0 Å². The van der Waals surface area contributed by atoms with Crippen molar-refractivity contribution in [3.05, 3.63) is 118 Å². The number of benzene rings is 2. The molecule has 0 spiro atoms. The van der Waals surface area contributed by atoms with Crippen LogP contribution in [0, 0.1) is 23.3 Å². The molecular weight excluding hydrogens is 678 g/mol. The standard InChI is InChI=1S/C19H17F4N3O2.C17H17F2N3O/c20-13-4-12(5-14(21)6-13)19(2-1-3-19)7-16-24-8-11(9-25-16)15(27)10-26-18(28)17(22)23;18-13-4-12(5-14(19)6-13)17(2-1-3-17)7-16-21-9-11(10-22-16)15(23)8-20/h4-6,8-9,17H,1-3,7,10H2,(H,26,28);4-6,9-10H,1-3,7-8,20H2. The highest BCUT2D eigenvalue weighted by atomic mass is 19.3. The molecule has 6 rings (SSSR count). The summed E-state index contributed by atoms with van der Waals surface area (Å²) in [5, 5.41) is 1.82. The zero-order valence-electron chi connectivity index (χ0n) is 27.3. The maximum absolute atomic E-state index is 13.6. The number of nitrogens with two attached hydrogens (primary N) is 1. The molecule has 9 nitrogen and oxygen atoms in total. The van der Waals surface area contributed by atoms with Crippen LogP contribution >= 0.6 is 0 Å². The minimum absolute atomic E-state index is 0.0674. The molecule has 15 heteroatoms. The Morgan fingerprint density at radius 3 is 1.33 bits per heavy atom. The third-order valence-electron chi connectivity index (χ3n) is 9.43. The van der Waals surface area contributed by atoms with Crippen LogP contribution in [0.1, 0.15) is 82.0 Å². The zero-order valence-corrected chi connectivity index (χ0v) is 27.3. The van der Waals surface area contributed by atoms with Gasteiger partial charge >= 0.3 is 6.43 Å². The maximum atomic E-state index is 13.6. The summed E-state index contributed by atoms with van der Waals surface area (Å²) >= 11 is 0. The molecule has 0 aliphatic heterocycles. The van der Waals surface area contributed by atoms with Gasteiger partial charge in [-0.1, -0.05) is 12.8 Å². The molecule has 0 unspecified atom stereocenters. The normalized spacial score (nSPS) is 15.5. The van der Waals surface area contributed by atoms with Crippen LogP contribution in [0.15, 0.2) is 61.2 Å². The minimum atomic E-state index is -3.20. The van der Waals surface area contributed by atoms with E-state index in [0.29, 0.717) is 41.2 Å². The van der Waals surface area contributed by atoms with E-state index in [1.165, 1.54) is 49.1 Å². The van der Waals surface area contributed by atoms with Crippen LogP contribution in [-0.4, -0.2) is 56.9 Å². The number of ketones is 2. The molecule has 2 fully saturated rings. The quantitative estimate of drug-likeness (QED) is 0.144. The Hall–Kier alpha value is -5.05. The number of nitrogens with zero attached hydrogens (tertiary/aromatic N) is 4. The van der Waals surface area contributed by atoms with Crippen molar-refractivity contribution in [1.82, 2.24) is 25.3 Å². The first-order chi connectivity index (χ1) is 24.3. The molecule has 0 radical (unpaired) electrons. The fraction of sp³-hybridized carbons (Fsp3) is 0.361. The number of hydrogen-bond donors (Lipinski definition) is 2. The highest BCUT2D eigenvalue weighted by molar-refractivity contribution is 5.99. The Bertz CT molecular complexity index is 1840. The third kappa shape index (κ3) is 9.01. The smallest absolute Gasteiger partial charge is 0.315 e. The summed E-state index contributed by atoms with van der Waals surface area (Å²) in [4.78, 5) is 50.9. The Morgan fingerprint density at radius 2 is 1.02 bits per heavy atom. The number of carbonyl (C=O) groups is 3. The van der Waals surface area contributed by atoms with Gasteiger partial charge in [-0.2, -0.15) is 8.78 Å². The van der Waals surface area contributed by atoms with E-state index < -0.39 is 53.3 Å². The topological polar surface area (TPSA) is 141 Å². The molecular formula is C36H34F6N6O3. The largest absolute Gasteiger partial charge is 0.344 e. The van der Waals surface area contributed by atoms with Gasteiger partial charge in [-0.15, -0.1) is 0 Å². The van der Waals surface area contributed by atoms with Gasteiger partial charge in [0.25, 0.3) is 5.91 Å². The number of carbonyl (C=O) groups excluding carboxylic acids is 3. The number of hydrogen-bond acceptors (Lipinski definition) is 8. The molecule has 3 N–H and O–H groups in total. The lowest BCUT2D eigenvalue weighted by atomic mass is 9.62. The fourth-order valence-corrected chi connectivity index (χ4v) is 6.31. The summed E-state index contributed by atoms with van der Waals surface area (Å²) in [7, 11) is 0. The summed E-state index contributed by atoms with van der Waals surface area (Å²) < 4.78 is 78.5. The second-order valence-electron chi connectivity index (χ2n) is 12.8. The molecule has 2 aromatic heterocycles. The van der Waals surface area contributed by atoms with Crippen LogP contribution in [0.4, 0.5) is 26.3 Å². The molecule has 1 amide bonds. The van der Waals surface area contributed by atoms with Gasteiger partial charge in [0.15, 0.2) is 11.6 Å². The maximum Gasteiger partial charge on any atom is 0.315 e. The number of rotatable bonds is 12. The van der Waals surface area contributed by atoms with E-state index in [4.69, 9.17) is 5.73 Å². The summed E-state index contributed by atoms with van der Waals surface area (Å²) in [6.45, 7) is -0.673. The first-order valence-corrected chi connectivity index (χ1v) is 16.2. The molecule has 0 saturated heterocycles. The van der Waals surface area contributed by atoms with E-state index in [1.54, 1.807) is 0 Å². The van der Waals surface area contributed by atoms with Crippen molar-refractivity contribution in [1.29, 1.82) is 0 Å². The Morgan fingerprint density at radius 1 is 0.647 bits per heavy atom. The molecule has 2 heterocycles. The van der Waals surface area contributed by atoms with Crippen molar-refractivity contribution in [2.45, 2.75) is 68.6 Å². The number of alkyl halides is 2. The number of nitrogens with one attached hydrogen (secondary N) is 1. The number of halogens is 6. The van der Waals surface area contributed by atoms with Gasteiger partial charge in [-0.3, -0.25) is 14.4 Å². The highest BCUT2D eigenvalue weighted by Gasteiger charge is 2.41. The zero-order chi connectivity index (χ0) is 36.8. The van der Waals surface area contributed by atoms with E-state index in [0.717, 1.165) is 50.7 Å². The molecule has 268 valence electrons. The second-order valence-corrected chi connectivity index (χ2v) is 12.8. The lowest BCUT2D eigenvalue weighted by molar-refractivity contribution is -0.131. The van der Waals surface area contributed by atoms with Gasteiger partial charge in [0.1, 0.15) is 34.9 Å². The molecule has 51 heavy (non-hydrogen) atoms. The van der Waals surface area contributed by atoms with E-state index in [-0.39, 0.29) is 23.3 Å². The average Bonchev–Trinajstić information content (AvgIpc) is 3.06. The van der Waals surface area contributed by atoms with E-state index >= 15 is 0 Å². The van der Waals surface area contributed by atoms with Crippen molar-refractivity contribution in [2.75, 3.05) is 13.1 Å². The summed E-state index contributed by atoms with van der Waals surface area (Å²) in [6, 6.07) is 7.08. The minimum Gasteiger partial charge on any atom is -0.344 e. The lowest BCUT2D eigenvalue weighted by Crippen LogP contribution is -2.37. The first kappa shape index (κ1) is 37.2. The van der Waals surface area contributed by atoms with Crippen molar-refractivity contribution >= 4 is 17.5 Å². The SMILES string of the molecule is NCC(=O)c1cnc(CC2(c3cc(F)cc(F)c3)CCC2)nc1.O=C(CNC(=O)C(F)F)c1cnc(CC2(c3cc(F)cc(F)c3)CCC2)nc1. The second kappa shape index (κ2) is 15.9. The van der Waals surface area contributed by atoms with Crippen LogP contribution < -0.4 is 11.1 Å².